The molecule has 0 spiro atoms. The van der Waals surface area contributed by atoms with Crippen LogP contribution in [0.1, 0.15) is 33.6 Å². The van der Waals surface area contributed by atoms with Crippen molar-refractivity contribution in [1.82, 2.24) is 9.80 Å². The number of carbonyl (C=O) groups excluding carboxylic acids is 1. The van der Waals surface area contributed by atoms with Gasteiger partial charge in [0.2, 0.25) is 0 Å². The molecule has 0 radical (unpaired) electrons. The van der Waals surface area contributed by atoms with Crippen molar-refractivity contribution >= 4 is 15.9 Å². The van der Waals surface area contributed by atoms with Crippen molar-refractivity contribution in [2.45, 2.75) is 45.3 Å². The van der Waals surface area contributed by atoms with Gasteiger partial charge >= 0.3 is 6.09 Å². The molecular weight excluding hydrogens is 304 g/mol. The number of ether oxygens (including phenoxy) is 1. The molecule has 0 atom stereocenters. The summed E-state index contributed by atoms with van der Waals surface area (Å²) in [6.07, 6.45) is 1.84. The Hall–Kier alpha value is -0.820. The van der Waals surface area contributed by atoms with Gasteiger partial charge in [0.05, 0.1) is 11.5 Å². The lowest BCUT2D eigenvalue weighted by atomic mass is 9.70. The van der Waals surface area contributed by atoms with Gasteiger partial charge in [0.1, 0.15) is 5.60 Å². The van der Waals surface area contributed by atoms with Crippen LogP contribution in [0.3, 0.4) is 0 Å². The average Bonchev–Trinajstić information content (AvgIpc) is 2.85. The first kappa shape index (κ1) is 16.1. The zero-order chi connectivity index (χ0) is 16.2. The first-order chi connectivity index (χ1) is 10.1. The highest BCUT2D eigenvalue weighted by molar-refractivity contribution is 7.91. The minimum Gasteiger partial charge on any atom is -0.444 e. The average molecular weight is 330 g/mol. The van der Waals surface area contributed by atoms with Crippen molar-refractivity contribution in [2.24, 2.45) is 5.41 Å². The quantitative estimate of drug-likeness (QED) is 0.759. The van der Waals surface area contributed by atoms with E-state index in [0.717, 1.165) is 25.9 Å². The summed E-state index contributed by atoms with van der Waals surface area (Å²) in [5.74, 6) is 0.532. The molecule has 2 bridgehead atoms. The second-order valence-electron chi connectivity index (χ2n) is 8.10. The number of rotatable bonds is 2. The van der Waals surface area contributed by atoms with E-state index in [1.165, 1.54) is 0 Å². The second-order valence-corrected chi connectivity index (χ2v) is 10.4. The van der Waals surface area contributed by atoms with Crippen LogP contribution in [0.25, 0.3) is 0 Å². The van der Waals surface area contributed by atoms with E-state index in [0.29, 0.717) is 19.1 Å². The number of fused-ring (bicyclic) bond motifs is 1. The third-order valence-corrected chi connectivity index (χ3v) is 6.52. The van der Waals surface area contributed by atoms with Gasteiger partial charge in [-0.25, -0.2) is 13.2 Å². The van der Waals surface area contributed by atoms with E-state index in [4.69, 9.17) is 4.74 Å². The summed E-state index contributed by atoms with van der Waals surface area (Å²) in [6.45, 7) is 8.55. The molecule has 1 amide bonds. The second kappa shape index (κ2) is 5.09. The number of hydrogen-bond donors (Lipinski definition) is 0. The molecule has 0 N–H and O–H groups in total. The molecule has 0 aromatic heterocycles. The molecule has 0 unspecified atom stereocenters. The maximum absolute atomic E-state index is 12.2. The first-order valence-electron chi connectivity index (χ1n) is 8.00. The highest BCUT2D eigenvalue weighted by Gasteiger charge is 2.57. The Labute approximate surface area is 132 Å². The molecule has 7 heteroatoms. The zero-order valence-corrected chi connectivity index (χ0v) is 14.5. The van der Waals surface area contributed by atoms with E-state index in [2.05, 4.69) is 4.90 Å². The molecule has 3 saturated heterocycles. The smallest absolute Gasteiger partial charge is 0.410 e. The van der Waals surface area contributed by atoms with Crippen LogP contribution < -0.4 is 0 Å². The van der Waals surface area contributed by atoms with Crippen LogP contribution in [-0.2, 0) is 14.6 Å². The maximum Gasteiger partial charge on any atom is 0.410 e. The summed E-state index contributed by atoms with van der Waals surface area (Å²) in [4.78, 5) is 16.3. The highest BCUT2D eigenvalue weighted by Crippen LogP contribution is 2.52. The minimum absolute atomic E-state index is 0.155. The predicted molar refractivity (Wildman–Crippen MR) is 83.5 cm³/mol. The van der Waals surface area contributed by atoms with Gasteiger partial charge in [-0.3, -0.25) is 0 Å². The summed E-state index contributed by atoms with van der Waals surface area (Å²) in [5, 5.41) is 0. The third-order valence-electron chi connectivity index (χ3n) is 4.91. The van der Waals surface area contributed by atoms with Crippen molar-refractivity contribution in [3.8, 4) is 0 Å². The van der Waals surface area contributed by atoms with Gasteiger partial charge in [-0.2, -0.15) is 0 Å². The SMILES string of the molecule is CC(C)(C)OC(=O)N1CC2(CN3CCS(=O)(=O)CC3)CC1C2. The lowest BCUT2D eigenvalue weighted by Gasteiger charge is -2.41. The zero-order valence-electron chi connectivity index (χ0n) is 13.7. The molecule has 4 fully saturated rings. The molecule has 1 aliphatic carbocycles. The fourth-order valence-corrected chi connectivity index (χ4v) is 5.15. The van der Waals surface area contributed by atoms with E-state index < -0.39 is 15.4 Å². The molecule has 3 heterocycles. The summed E-state index contributed by atoms with van der Waals surface area (Å²) in [5.41, 5.74) is -0.304. The van der Waals surface area contributed by atoms with Gasteiger partial charge < -0.3 is 14.5 Å². The molecule has 4 rings (SSSR count). The van der Waals surface area contributed by atoms with Crippen LogP contribution in [-0.4, -0.2) is 73.6 Å². The number of carbonyl (C=O) groups is 1. The normalized spacial score (nSPS) is 34.3. The van der Waals surface area contributed by atoms with E-state index in [-0.39, 0.29) is 23.0 Å². The van der Waals surface area contributed by atoms with E-state index in [9.17, 15) is 13.2 Å². The van der Waals surface area contributed by atoms with Crippen molar-refractivity contribution in [2.75, 3.05) is 37.7 Å². The van der Waals surface area contributed by atoms with Crippen LogP contribution in [0.5, 0.6) is 0 Å². The topological polar surface area (TPSA) is 66.9 Å². The van der Waals surface area contributed by atoms with Crippen molar-refractivity contribution in [3.63, 3.8) is 0 Å². The molecule has 1 saturated carbocycles. The molecule has 0 aromatic rings. The summed E-state index contributed by atoms with van der Waals surface area (Å²) in [7, 11) is -2.83. The van der Waals surface area contributed by atoms with Gasteiger partial charge in [0, 0.05) is 37.6 Å². The Kier molecular flexibility index (Phi) is 3.72. The van der Waals surface area contributed by atoms with Crippen LogP contribution in [0.15, 0.2) is 0 Å². The molecule has 4 aliphatic rings. The summed E-state index contributed by atoms with van der Waals surface area (Å²) in [6, 6.07) is 0.309. The van der Waals surface area contributed by atoms with Gasteiger partial charge in [0.25, 0.3) is 0 Å². The monoisotopic (exact) mass is 330 g/mol. The van der Waals surface area contributed by atoms with Gasteiger partial charge in [-0.1, -0.05) is 0 Å². The Morgan fingerprint density at radius 1 is 1.23 bits per heavy atom. The molecule has 3 aliphatic heterocycles. The summed E-state index contributed by atoms with van der Waals surface area (Å²) < 4.78 is 28.5. The van der Waals surface area contributed by atoms with Crippen molar-refractivity contribution < 1.29 is 17.9 Å². The number of amides is 1. The fourth-order valence-electron chi connectivity index (χ4n) is 3.88. The minimum atomic E-state index is -2.83. The maximum atomic E-state index is 12.2. The Bertz CT molecular complexity index is 547. The van der Waals surface area contributed by atoms with Gasteiger partial charge in [0.15, 0.2) is 9.84 Å². The Morgan fingerprint density at radius 2 is 1.82 bits per heavy atom. The molecule has 6 nitrogen and oxygen atoms in total. The van der Waals surface area contributed by atoms with Crippen molar-refractivity contribution in [1.29, 1.82) is 0 Å². The molecule has 0 aromatic carbocycles. The van der Waals surface area contributed by atoms with E-state index in [1.807, 2.05) is 25.7 Å². The van der Waals surface area contributed by atoms with Crippen LogP contribution in [0, 0.1) is 5.41 Å². The third kappa shape index (κ3) is 3.25. The highest BCUT2D eigenvalue weighted by atomic mass is 32.2. The lowest BCUT2D eigenvalue weighted by molar-refractivity contribution is 0.0242. The summed E-state index contributed by atoms with van der Waals surface area (Å²) >= 11 is 0. The molecular formula is C15H26N2O4S. The predicted octanol–water partition coefficient (Wildman–Crippen LogP) is 1.12. The van der Waals surface area contributed by atoms with E-state index >= 15 is 0 Å². The van der Waals surface area contributed by atoms with Gasteiger partial charge in [-0.15, -0.1) is 0 Å². The first-order valence-corrected chi connectivity index (χ1v) is 9.82. The van der Waals surface area contributed by atoms with Crippen LogP contribution in [0.4, 0.5) is 4.79 Å². The number of hydrogen-bond acceptors (Lipinski definition) is 5. The number of sulfone groups is 1. The Balaban J connectivity index is 1.54. The van der Waals surface area contributed by atoms with Crippen molar-refractivity contribution in [3.05, 3.63) is 0 Å². The van der Waals surface area contributed by atoms with Gasteiger partial charge in [-0.05, 0) is 33.6 Å². The largest absolute Gasteiger partial charge is 0.444 e. The van der Waals surface area contributed by atoms with E-state index in [1.54, 1.807) is 0 Å². The fraction of sp³-hybridized carbons (Fsp3) is 0.933. The number of nitrogens with zero attached hydrogens (tertiary/aromatic N) is 2. The molecule has 126 valence electrons. The lowest BCUT2D eigenvalue weighted by Crippen LogP contribution is -2.49. The molecule has 22 heavy (non-hydrogen) atoms. The Morgan fingerprint density at radius 3 is 2.36 bits per heavy atom. The van der Waals surface area contributed by atoms with Crippen LogP contribution in [0.2, 0.25) is 0 Å². The van der Waals surface area contributed by atoms with Crippen LogP contribution >= 0.6 is 0 Å². The standard InChI is InChI=1S/C15H26N2O4S/c1-14(2,3)21-13(18)17-11-15(8-12(17)9-15)10-16-4-6-22(19,20)7-5-16/h12H,4-11H2,1-3H3.